The number of fused-ring (bicyclic) bond motifs is 1. The highest BCUT2D eigenvalue weighted by Gasteiger charge is 2.19. The lowest BCUT2D eigenvalue weighted by Gasteiger charge is -2.26. The molecule has 1 aliphatic rings. The molecule has 2 rings (SSSR count). The highest BCUT2D eigenvalue weighted by Crippen LogP contribution is 2.31. The Hall–Kier alpha value is -0.860. The predicted octanol–water partition coefficient (Wildman–Crippen LogP) is 5.23. The van der Waals surface area contributed by atoms with Gasteiger partial charge in [-0.25, -0.2) is 0 Å². The number of benzene rings is 1. The number of hydrogen-bond donors (Lipinski definition) is 1. The van der Waals surface area contributed by atoms with Gasteiger partial charge in [0.05, 0.1) is 0 Å². The number of nitrogens with two attached hydrogens (primary N) is 1. The average Bonchev–Trinajstić information content (AvgIpc) is 2.62. The first-order valence-electron chi connectivity index (χ1n) is 10.1. The van der Waals surface area contributed by atoms with Crippen LogP contribution in [0.2, 0.25) is 0 Å². The summed E-state index contributed by atoms with van der Waals surface area (Å²) in [7, 11) is 1.79. The van der Waals surface area contributed by atoms with E-state index in [0.717, 1.165) is 19.1 Å². The van der Waals surface area contributed by atoms with E-state index in [4.69, 9.17) is 10.5 Å². The average molecular weight is 332 g/mol. The Morgan fingerprint density at radius 2 is 2.00 bits per heavy atom. The number of unbranched alkanes of at least 4 members (excludes halogenated alkanes) is 3. The molecule has 0 saturated carbocycles. The highest BCUT2D eigenvalue weighted by atomic mass is 16.5. The normalized spacial score (nSPS) is 18.4. The molecular formula is C22H37NO. The van der Waals surface area contributed by atoms with E-state index >= 15 is 0 Å². The van der Waals surface area contributed by atoms with Gasteiger partial charge in [0.15, 0.2) is 0 Å². The van der Waals surface area contributed by atoms with Crippen LogP contribution in [0.15, 0.2) is 18.2 Å². The van der Waals surface area contributed by atoms with Crippen molar-refractivity contribution in [3.8, 4) is 0 Å². The van der Waals surface area contributed by atoms with Crippen LogP contribution >= 0.6 is 0 Å². The molecule has 0 amide bonds. The third-order valence-corrected chi connectivity index (χ3v) is 5.66. The molecule has 2 heteroatoms. The number of aryl methyl sites for hydroxylation is 1. The lowest BCUT2D eigenvalue weighted by molar-refractivity contribution is 0.191. The zero-order chi connectivity index (χ0) is 17.2. The molecule has 0 saturated heterocycles. The summed E-state index contributed by atoms with van der Waals surface area (Å²) in [6.45, 7) is 3.94. The van der Waals surface area contributed by atoms with E-state index in [0.29, 0.717) is 5.92 Å². The second-order valence-electron chi connectivity index (χ2n) is 7.55. The minimum atomic E-state index is 0.546. The molecule has 0 spiro atoms. The maximum atomic E-state index is 5.98. The summed E-state index contributed by atoms with van der Waals surface area (Å²) in [5.74, 6) is 1.44. The summed E-state index contributed by atoms with van der Waals surface area (Å²) in [5.41, 5.74) is 10.6. The van der Waals surface area contributed by atoms with Crippen molar-refractivity contribution in [3.05, 3.63) is 34.9 Å². The lowest BCUT2D eigenvalue weighted by atomic mass is 9.79. The summed E-state index contributed by atoms with van der Waals surface area (Å²) in [4.78, 5) is 0. The Labute approximate surface area is 149 Å². The molecule has 1 aromatic rings. The fraction of sp³-hybridized carbons (Fsp3) is 0.727. The summed E-state index contributed by atoms with van der Waals surface area (Å²) < 4.78 is 5.12. The molecule has 0 bridgehead atoms. The Morgan fingerprint density at radius 1 is 1.17 bits per heavy atom. The monoisotopic (exact) mass is 331 g/mol. The molecule has 136 valence electrons. The van der Waals surface area contributed by atoms with Gasteiger partial charge in [0, 0.05) is 13.7 Å². The van der Waals surface area contributed by atoms with Crippen molar-refractivity contribution in [1.29, 1.82) is 0 Å². The van der Waals surface area contributed by atoms with Gasteiger partial charge >= 0.3 is 0 Å². The first-order valence-corrected chi connectivity index (χ1v) is 10.1. The molecule has 2 atom stereocenters. The Balaban J connectivity index is 1.81. The number of methoxy groups -OCH3 is 1. The van der Waals surface area contributed by atoms with Gasteiger partial charge in [-0.1, -0.05) is 57.2 Å². The number of hydrogen-bond acceptors (Lipinski definition) is 2. The molecule has 1 aromatic carbocycles. The zero-order valence-electron chi connectivity index (χ0n) is 15.9. The summed E-state index contributed by atoms with van der Waals surface area (Å²) in [6.07, 6.45) is 13.0. The molecule has 0 aliphatic heterocycles. The zero-order valence-corrected chi connectivity index (χ0v) is 15.9. The molecule has 24 heavy (non-hydrogen) atoms. The maximum absolute atomic E-state index is 5.98. The van der Waals surface area contributed by atoms with Crippen molar-refractivity contribution in [3.63, 3.8) is 0 Å². The van der Waals surface area contributed by atoms with Crippen molar-refractivity contribution in [2.45, 2.75) is 77.0 Å². The van der Waals surface area contributed by atoms with Gasteiger partial charge in [0.25, 0.3) is 0 Å². The van der Waals surface area contributed by atoms with Crippen molar-refractivity contribution in [1.82, 2.24) is 0 Å². The summed E-state index contributed by atoms with van der Waals surface area (Å²) >= 11 is 0. The van der Waals surface area contributed by atoms with Gasteiger partial charge in [0.2, 0.25) is 0 Å². The lowest BCUT2D eigenvalue weighted by Crippen LogP contribution is -2.17. The first kappa shape index (κ1) is 19.5. The van der Waals surface area contributed by atoms with Crippen LogP contribution in [0.1, 0.15) is 80.9 Å². The molecule has 0 radical (unpaired) electrons. The van der Waals surface area contributed by atoms with Crippen LogP contribution in [0.4, 0.5) is 0 Å². The minimum Gasteiger partial charge on any atom is -0.385 e. The van der Waals surface area contributed by atoms with Crippen LogP contribution < -0.4 is 5.73 Å². The SMILES string of the molecule is CCCC(CN)c1ccc2c(c1)CCC(CCCCCCOC)C2. The van der Waals surface area contributed by atoms with Gasteiger partial charge in [-0.15, -0.1) is 0 Å². The summed E-state index contributed by atoms with van der Waals surface area (Å²) in [5, 5.41) is 0. The third kappa shape index (κ3) is 5.89. The summed E-state index contributed by atoms with van der Waals surface area (Å²) in [6, 6.07) is 7.20. The van der Waals surface area contributed by atoms with Crippen molar-refractivity contribution >= 4 is 0 Å². The number of ether oxygens (including phenoxy) is 1. The maximum Gasteiger partial charge on any atom is 0.0462 e. The van der Waals surface area contributed by atoms with Crippen molar-refractivity contribution in [2.75, 3.05) is 20.3 Å². The standard InChI is InChI=1S/C22H37NO/c1-3-8-22(17-23)21-13-12-19-15-18(10-11-20(19)16-21)9-6-4-5-7-14-24-2/h12-13,16,18,22H,3-11,14-15,17,23H2,1-2H3. The minimum absolute atomic E-state index is 0.546. The fourth-order valence-corrected chi connectivity index (χ4v) is 4.15. The van der Waals surface area contributed by atoms with E-state index in [2.05, 4.69) is 25.1 Å². The van der Waals surface area contributed by atoms with Crippen LogP contribution in [0, 0.1) is 5.92 Å². The quantitative estimate of drug-likeness (QED) is 0.563. The molecule has 2 nitrogen and oxygen atoms in total. The van der Waals surface area contributed by atoms with Crippen LogP contribution in [-0.4, -0.2) is 20.3 Å². The van der Waals surface area contributed by atoms with E-state index in [9.17, 15) is 0 Å². The highest BCUT2D eigenvalue weighted by molar-refractivity contribution is 5.36. The molecule has 1 aliphatic carbocycles. The van der Waals surface area contributed by atoms with E-state index in [1.807, 2.05) is 0 Å². The topological polar surface area (TPSA) is 35.2 Å². The van der Waals surface area contributed by atoms with Gasteiger partial charge in [-0.05, 0) is 67.2 Å². The van der Waals surface area contributed by atoms with Gasteiger partial charge in [-0.2, -0.15) is 0 Å². The van der Waals surface area contributed by atoms with E-state index in [1.165, 1.54) is 69.8 Å². The van der Waals surface area contributed by atoms with Crippen LogP contribution in [-0.2, 0) is 17.6 Å². The second kappa shape index (κ2) is 10.9. The van der Waals surface area contributed by atoms with E-state index < -0.39 is 0 Å². The van der Waals surface area contributed by atoms with E-state index in [1.54, 1.807) is 18.2 Å². The Kier molecular flexibility index (Phi) is 8.83. The van der Waals surface area contributed by atoms with Crippen molar-refractivity contribution in [2.24, 2.45) is 11.7 Å². The molecule has 2 unspecified atom stereocenters. The van der Waals surface area contributed by atoms with Gasteiger partial charge in [0.1, 0.15) is 0 Å². The molecule has 0 aromatic heterocycles. The van der Waals surface area contributed by atoms with Crippen LogP contribution in [0.25, 0.3) is 0 Å². The second-order valence-corrected chi connectivity index (χ2v) is 7.55. The molecule has 2 N–H and O–H groups in total. The third-order valence-electron chi connectivity index (χ3n) is 5.66. The number of rotatable bonds is 11. The predicted molar refractivity (Wildman–Crippen MR) is 104 cm³/mol. The van der Waals surface area contributed by atoms with Gasteiger partial charge in [-0.3, -0.25) is 0 Å². The Morgan fingerprint density at radius 3 is 2.75 bits per heavy atom. The van der Waals surface area contributed by atoms with Crippen molar-refractivity contribution < 1.29 is 4.74 Å². The molecule has 0 heterocycles. The van der Waals surface area contributed by atoms with Gasteiger partial charge < -0.3 is 10.5 Å². The Bertz CT molecular complexity index is 471. The van der Waals surface area contributed by atoms with Crippen LogP contribution in [0.3, 0.4) is 0 Å². The largest absolute Gasteiger partial charge is 0.385 e. The first-order chi connectivity index (χ1) is 11.8. The molecular weight excluding hydrogens is 294 g/mol. The van der Waals surface area contributed by atoms with Crippen LogP contribution in [0.5, 0.6) is 0 Å². The fourth-order valence-electron chi connectivity index (χ4n) is 4.15. The van der Waals surface area contributed by atoms with E-state index in [-0.39, 0.29) is 0 Å². The molecule has 0 fully saturated rings. The smallest absolute Gasteiger partial charge is 0.0462 e.